The summed E-state index contributed by atoms with van der Waals surface area (Å²) in [6, 6.07) is 5.12. The van der Waals surface area contributed by atoms with E-state index in [0.29, 0.717) is 17.9 Å². The van der Waals surface area contributed by atoms with Gasteiger partial charge in [-0.3, -0.25) is 0 Å². The lowest BCUT2D eigenvalue weighted by atomic mass is 10.0. The number of fused-ring (bicyclic) bond motifs is 1. The molecule has 1 N–H and O–H groups in total. The number of unbranched alkanes of at least 4 members (excludes halogenated alkanes) is 13. The number of carbonyl (C=O) groups is 1. The molecule has 0 unspecified atom stereocenters. The highest BCUT2D eigenvalue weighted by atomic mass is 16.5. The molecular weight excluding hydrogens is 364 g/mol. The van der Waals surface area contributed by atoms with Crippen molar-refractivity contribution in [2.24, 2.45) is 0 Å². The van der Waals surface area contributed by atoms with Gasteiger partial charge in [0.1, 0.15) is 16.9 Å². The van der Waals surface area contributed by atoms with E-state index in [1.807, 2.05) is 6.07 Å². The van der Waals surface area contributed by atoms with E-state index in [2.05, 4.69) is 6.92 Å². The largest absolute Gasteiger partial charge is 0.493 e. The molecule has 0 fully saturated rings. The summed E-state index contributed by atoms with van der Waals surface area (Å²) in [5.74, 6) is -0.555. The Bertz CT molecular complexity index is 704. The van der Waals surface area contributed by atoms with Crippen LogP contribution in [0.1, 0.15) is 107 Å². The van der Waals surface area contributed by atoms with Gasteiger partial charge in [0.2, 0.25) is 0 Å². The third kappa shape index (κ3) is 8.93. The van der Waals surface area contributed by atoms with Gasteiger partial charge in [-0.2, -0.15) is 0 Å². The summed E-state index contributed by atoms with van der Waals surface area (Å²) < 4.78 is 11.0. The standard InChI is InChI=1S/C25H38O4/c1-2-3-4-5-6-7-8-9-10-11-12-13-14-15-17-28-24-19-21-16-18-29-23(21)20-22(24)25(26)27/h16,18-20H,2-15,17H2,1H3,(H,26,27). The first-order valence-corrected chi connectivity index (χ1v) is 11.6. The van der Waals surface area contributed by atoms with Gasteiger partial charge in [-0.15, -0.1) is 0 Å². The molecular formula is C25H38O4. The molecule has 0 atom stereocenters. The lowest BCUT2D eigenvalue weighted by Gasteiger charge is -2.09. The molecule has 1 aromatic heterocycles. The molecule has 2 rings (SSSR count). The molecule has 162 valence electrons. The van der Waals surface area contributed by atoms with Crippen molar-refractivity contribution < 1.29 is 19.1 Å². The monoisotopic (exact) mass is 402 g/mol. The van der Waals surface area contributed by atoms with Gasteiger partial charge in [-0.25, -0.2) is 4.79 Å². The van der Waals surface area contributed by atoms with Gasteiger partial charge in [-0.05, 0) is 24.6 Å². The minimum atomic E-state index is -0.987. The lowest BCUT2D eigenvalue weighted by molar-refractivity contribution is 0.0692. The number of ether oxygens (including phenoxy) is 1. The third-order valence-electron chi connectivity index (χ3n) is 5.54. The van der Waals surface area contributed by atoms with E-state index in [9.17, 15) is 9.90 Å². The molecule has 4 heteroatoms. The number of hydrogen-bond donors (Lipinski definition) is 1. The second kappa shape index (κ2) is 14.1. The fraction of sp³-hybridized carbons (Fsp3) is 0.640. The Morgan fingerprint density at radius 3 is 1.97 bits per heavy atom. The van der Waals surface area contributed by atoms with Gasteiger partial charge in [0.05, 0.1) is 12.9 Å². The average Bonchev–Trinajstić information content (AvgIpc) is 3.17. The number of aromatic carboxylic acids is 1. The summed E-state index contributed by atoms with van der Waals surface area (Å²) in [6.45, 7) is 2.83. The van der Waals surface area contributed by atoms with Crippen LogP contribution < -0.4 is 4.74 Å². The van der Waals surface area contributed by atoms with Crippen LogP contribution in [0.3, 0.4) is 0 Å². The fourth-order valence-electron chi connectivity index (χ4n) is 3.75. The van der Waals surface area contributed by atoms with Gasteiger partial charge in [0.25, 0.3) is 0 Å². The molecule has 0 saturated carbocycles. The zero-order valence-corrected chi connectivity index (χ0v) is 18.1. The lowest BCUT2D eigenvalue weighted by Crippen LogP contribution is -2.04. The molecule has 2 aromatic rings. The third-order valence-corrected chi connectivity index (χ3v) is 5.54. The van der Waals surface area contributed by atoms with Crippen molar-refractivity contribution in [2.75, 3.05) is 6.61 Å². The van der Waals surface area contributed by atoms with Crippen molar-refractivity contribution >= 4 is 16.9 Å². The first kappa shape index (κ1) is 23.3. The summed E-state index contributed by atoms with van der Waals surface area (Å²) >= 11 is 0. The first-order chi connectivity index (χ1) is 14.2. The molecule has 0 amide bonds. The Hall–Kier alpha value is -1.97. The Morgan fingerprint density at radius 2 is 1.41 bits per heavy atom. The van der Waals surface area contributed by atoms with Gasteiger partial charge in [0, 0.05) is 5.39 Å². The molecule has 0 aliphatic rings. The minimum absolute atomic E-state index is 0.165. The summed E-state index contributed by atoms with van der Waals surface area (Å²) in [5.41, 5.74) is 0.740. The van der Waals surface area contributed by atoms with Crippen molar-refractivity contribution in [1.82, 2.24) is 0 Å². The number of furan rings is 1. The molecule has 0 spiro atoms. The smallest absolute Gasteiger partial charge is 0.339 e. The fourth-order valence-corrected chi connectivity index (χ4v) is 3.75. The van der Waals surface area contributed by atoms with E-state index < -0.39 is 5.97 Å². The quantitative estimate of drug-likeness (QED) is 0.272. The molecule has 0 aliphatic heterocycles. The van der Waals surface area contributed by atoms with Gasteiger partial charge >= 0.3 is 5.97 Å². The highest BCUT2D eigenvalue weighted by Gasteiger charge is 2.14. The van der Waals surface area contributed by atoms with Crippen LogP contribution in [0.15, 0.2) is 28.9 Å². The summed E-state index contributed by atoms with van der Waals surface area (Å²) in [6.07, 6.45) is 20.0. The number of hydrogen-bond acceptors (Lipinski definition) is 3. The molecule has 0 bridgehead atoms. The SMILES string of the molecule is CCCCCCCCCCCCCCCCOc1cc2ccoc2cc1C(=O)O. The Kier molecular flexibility index (Phi) is 11.3. The van der Waals surface area contributed by atoms with E-state index >= 15 is 0 Å². The summed E-state index contributed by atoms with van der Waals surface area (Å²) in [4.78, 5) is 11.4. The Morgan fingerprint density at radius 1 is 0.862 bits per heavy atom. The van der Waals surface area contributed by atoms with Crippen LogP contribution in [0.25, 0.3) is 11.0 Å². The van der Waals surface area contributed by atoms with E-state index in [1.54, 1.807) is 12.3 Å². The van der Waals surface area contributed by atoms with Crippen LogP contribution in [0.2, 0.25) is 0 Å². The van der Waals surface area contributed by atoms with Crippen LogP contribution in [0, 0.1) is 0 Å². The van der Waals surface area contributed by atoms with E-state index in [-0.39, 0.29) is 5.56 Å². The van der Waals surface area contributed by atoms with Gasteiger partial charge < -0.3 is 14.3 Å². The van der Waals surface area contributed by atoms with Crippen LogP contribution in [0.4, 0.5) is 0 Å². The molecule has 29 heavy (non-hydrogen) atoms. The van der Waals surface area contributed by atoms with Gasteiger partial charge in [0.15, 0.2) is 0 Å². The normalized spacial score (nSPS) is 11.2. The maximum atomic E-state index is 11.4. The molecule has 1 heterocycles. The average molecular weight is 403 g/mol. The zero-order chi connectivity index (χ0) is 20.7. The van der Waals surface area contributed by atoms with E-state index in [4.69, 9.17) is 9.15 Å². The second-order valence-electron chi connectivity index (χ2n) is 8.06. The minimum Gasteiger partial charge on any atom is -0.493 e. The zero-order valence-electron chi connectivity index (χ0n) is 18.1. The number of carboxylic acid groups (broad SMARTS) is 1. The number of carboxylic acids is 1. The molecule has 0 saturated heterocycles. The molecule has 0 radical (unpaired) electrons. The second-order valence-corrected chi connectivity index (χ2v) is 8.06. The van der Waals surface area contributed by atoms with Crippen molar-refractivity contribution in [3.05, 3.63) is 30.0 Å². The van der Waals surface area contributed by atoms with Crippen LogP contribution in [-0.2, 0) is 0 Å². The predicted octanol–water partition coefficient (Wildman–Crippen LogP) is 7.99. The summed E-state index contributed by atoms with van der Waals surface area (Å²) in [5, 5.41) is 10.2. The number of benzene rings is 1. The van der Waals surface area contributed by atoms with Crippen molar-refractivity contribution in [3.8, 4) is 5.75 Å². The maximum absolute atomic E-state index is 11.4. The number of rotatable bonds is 17. The first-order valence-electron chi connectivity index (χ1n) is 11.6. The van der Waals surface area contributed by atoms with E-state index in [0.717, 1.165) is 18.2 Å². The topological polar surface area (TPSA) is 59.7 Å². The predicted molar refractivity (Wildman–Crippen MR) is 119 cm³/mol. The van der Waals surface area contributed by atoms with Crippen LogP contribution in [0.5, 0.6) is 5.75 Å². The van der Waals surface area contributed by atoms with Crippen LogP contribution in [-0.4, -0.2) is 17.7 Å². The molecule has 0 aliphatic carbocycles. The highest BCUT2D eigenvalue weighted by Crippen LogP contribution is 2.27. The highest BCUT2D eigenvalue weighted by molar-refractivity contribution is 5.96. The summed E-state index contributed by atoms with van der Waals surface area (Å²) in [7, 11) is 0. The Labute approximate surface area is 175 Å². The van der Waals surface area contributed by atoms with Gasteiger partial charge in [-0.1, -0.05) is 90.4 Å². The van der Waals surface area contributed by atoms with Crippen molar-refractivity contribution in [3.63, 3.8) is 0 Å². The van der Waals surface area contributed by atoms with Crippen molar-refractivity contribution in [1.29, 1.82) is 0 Å². The maximum Gasteiger partial charge on any atom is 0.339 e. The molecule has 1 aromatic carbocycles. The molecule has 4 nitrogen and oxygen atoms in total. The van der Waals surface area contributed by atoms with Crippen LogP contribution >= 0.6 is 0 Å². The van der Waals surface area contributed by atoms with E-state index in [1.165, 1.54) is 83.1 Å². The van der Waals surface area contributed by atoms with Crippen molar-refractivity contribution in [2.45, 2.75) is 96.8 Å². The Balaban J connectivity index is 1.48.